The molecule has 5 rings (SSSR count). The molecule has 4 atom stereocenters. The topological polar surface area (TPSA) is 69.3 Å². The molecule has 3 N–H and O–H groups in total. The first-order chi connectivity index (χ1) is 15.2. The number of likely N-dealkylation sites (tertiary alicyclic amines) is 1. The molecule has 4 unspecified atom stereocenters. The summed E-state index contributed by atoms with van der Waals surface area (Å²) in [6.45, 7) is 3.19. The maximum absolute atomic E-state index is 13.2. The maximum Gasteiger partial charge on any atom is 0.243 e. The van der Waals surface area contributed by atoms with Gasteiger partial charge in [0.1, 0.15) is 6.04 Å². The van der Waals surface area contributed by atoms with E-state index in [1.54, 1.807) is 0 Å². The smallest absolute Gasteiger partial charge is 0.243 e. The number of halogens is 1. The molecule has 1 amide bonds. The highest BCUT2D eigenvalue weighted by Gasteiger charge is 2.44. The van der Waals surface area contributed by atoms with Crippen LogP contribution < -0.4 is 16.2 Å². The van der Waals surface area contributed by atoms with Gasteiger partial charge in [0, 0.05) is 30.9 Å². The van der Waals surface area contributed by atoms with E-state index in [9.17, 15) is 4.79 Å². The first-order valence-electron chi connectivity index (χ1n) is 11.4. The Balaban J connectivity index is 1.27. The van der Waals surface area contributed by atoms with Crippen LogP contribution in [-0.2, 0) is 11.3 Å². The molecule has 3 heterocycles. The highest BCUT2D eigenvalue weighted by atomic mass is 35.5. The van der Waals surface area contributed by atoms with Crippen LogP contribution in [0.4, 0.5) is 5.69 Å². The molecule has 1 saturated carbocycles. The van der Waals surface area contributed by atoms with Gasteiger partial charge in [0.15, 0.2) is 0 Å². The van der Waals surface area contributed by atoms with Crippen molar-refractivity contribution >= 4 is 23.2 Å². The monoisotopic (exact) mass is 439 g/mol. The molecular weight excluding hydrogens is 410 g/mol. The van der Waals surface area contributed by atoms with Gasteiger partial charge in [0.05, 0.1) is 10.7 Å². The first kappa shape index (κ1) is 20.9. The number of benzene rings is 1. The fraction of sp³-hybridized carbons (Fsp3) is 0.500. The molecule has 0 spiro atoms. The Hall–Kier alpha value is -1.99. The van der Waals surface area contributed by atoms with Crippen LogP contribution in [-0.4, -0.2) is 41.0 Å². The van der Waals surface area contributed by atoms with Crippen molar-refractivity contribution in [3.05, 3.63) is 58.9 Å². The summed E-state index contributed by atoms with van der Waals surface area (Å²) in [7, 11) is 0. The number of rotatable bonds is 5. The lowest BCUT2D eigenvalue weighted by atomic mass is 9.73. The quantitative estimate of drug-likeness (QED) is 0.662. The Morgan fingerprint density at radius 2 is 2.06 bits per heavy atom. The number of pyridine rings is 1. The number of amides is 1. The number of aromatic nitrogens is 1. The van der Waals surface area contributed by atoms with Crippen molar-refractivity contribution in [1.82, 2.24) is 20.7 Å². The number of hydrogen-bond donors (Lipinski definition) is 3. The zero-order valence-corrected chi connectivity index (χ0v) is 18.4. The van der Waals surface area contributed by atoms with Gasteiger partial charge in [-0.3, -0.25) is 20.1 Å². The fourth-order valence-electron chi connectivity index (χ4n) is 5.41. The van der Waals surface area contributed by atoms with Crippen LogP contribution in [0.3, 0.4) is 0 Å². The van der Waals surface area contributed by atoms with Gasteiger partial charge in [-0.25, -0.2) is 5.43 Å². The molecular formula is C24H30ClN5O. The largest absolute Gasteiger partial charge is 0.323 e. The summed E-state index contributed by atoms with van der Waals surface area (Å²) in [5.74, 6) is 0.664. The molecule has 6 nitrogen and oxygen atoms in total. The van der Waals surface area contributed by atoms with Crippen molar-refractivity contribution in [3.63, 3.8) is 0 Å². The van der Waals surface area contributed by atoms with Gasteiger partial charge < -0.3 is 5.32 Å². The normalized spacial score (nSPS) is 28.4. The van der Waals surface area contributed by atoms with E-state index in [0.29, 0.717) is 22.7 Å². The van der Waals surface area contributed by atoms with Gasteiger partial charge in [-0.05, 0) is 80.4 Å². The number of hydrazine groups is 1. The molecule has 0 bridgehead atoms. The third-order valence-electron chi connectivity index (χ3n) is 7.08. The van der Waals surface area contributed by atoms with E-state index >= 15 is 0 Å². The van der Waals surface area contributed by atoms with Crippen LogP contribution in [0.25, 0.3) is 0 Å². The fourth-order valence-corrected chi connectivity index (χ4v) is 5.58. The lowest BCUT2D eigenvalue weighted by Gasteiger charge is -2.33. The molecule has 1 aromatic heterocycles. The van der Waals surface area contributed by atoms with Gasteiger partial charge in [0.2, 0.25) is 5.91 Å². The summed E-state index contributed by atoms with van der Waals surface area (Å²) in [5.41, 5.74) is 9.77. The molecule has 2 aromatic rings. The van der Waals surface area contributed by atoms with Crippen LogP contribution in [0.5, 0.6) is 0 Å². The zero-order valence-electron chi connectivity index (χ0n) is 17.7. The van der Waals surface area contributed by atoms with E-state index in [0.717, 1.165) is 38.9 Å². The second-order valence-electron chi connectivity index (χ2n) is 9.12. The van der Waals surface area contributed by atoms with Gasteiger partial charge in [-0.15, -0.1) is 0 Å². The van der Waals surface area contributed by atoms with Crippen molar-refractivity contribution in [2.45, 2.75) is 56.7 Å². The lowest BCUT2D eigenvalue weighted by molar-refractivity contribution is -0.119. The van der Waals surface area contributed by atoms with Crippen LogP contribution in [0.1, 0.15) is 49.1 Å². The van der Waals surface area contributed by atoms with E-state index in [4.69, 9.17) is 11.6 Å². The molecule has 0 radical (unpaired) electrons. The third-order valence-corrected chi connectivity index (χ3v) is 7.41. The molecule has 1 aliphatic carbocycles. The summed E-state index contributed by atoms with van der Waals surface area (Å²) in [6.07, 6.45) is 9.43. The number of carbonyl (C=O) groups is 1. The summed E-state index contributed by atoms with van der Waals surface area (Å²) < 4.78 is 0. The number of nitrogens with zero attached hydrogens (tertiary/aromatic N) is 2. The zero-order chi connectivity index (χ0) is 21.2. The Morgan fingerprint density at radius 3 is 2.87 bits per heavy atom. The second-order valence-corrected chi connectivity index (χ2v) is 9.53. The Labute approximate surface area is 188 Å². The third kappa shape index (κ3) is 4.62. The first-order valence-corrected chi connectivity index (χ1v) is 11.8. The molecule has 3 aliphatic rings. The van der Waals surface area contributed by atoms with Gasteiger partial charge >= 0.3 is 0 Å². The van der Waals surface area contributed by atoms with E-state index < -0.39 is 0 Å². The average Bonchev–Trinajstić information content (AvgIpc) is 3.46. The van der Waals surface area contributed by atoms with Crippen LogP contribution in [0, 0.1) is 5.92 Å². The van der Waals surface area contributed by atoms with Crippen LogP contribution >= 0.6 is 11.6 Å². The molecule has 1 aromatic carbocycles. The van der Waals surface area contributed by atoms with E-state index in [1.165, 1.54) is 24.0 Å². The average molecular weight is 440 g/mol. The molecule has 164 valence electrons. The van der Waals surface area contributed by atoms with Crippen molar-refractivity contribution in [1.29, 1.82) is 0 Å². The summed E-state index contributed by atoms with van der Waals surface area (Å²) >= 11 is 6.43. The van der Waals surface area contributed by atoms with Crippen molar-refractivity contribution in [3.8, 4) is 0 Å². The van der Waals surface area contributed by atoms with Crippen LogP contribution in [0.15, 0.2) is 42.7 Å². The molecule has 3 fully saturated rings. The Kier molecular flexibility index (Phi) is 6.23. The summed E-state index contributed by atoms with van der Waals surface area (Å²) in [4.78, 5) is 20.0. The van der Waals surface area contributed by atoms with Crippen LogP contribution in [0.2, 0.25) is 5.02 Å². The van der Waals surface area contributed by atoms with Gasteiger partial charge in [-0.1, -0.05) is 23.7 Å². The summed E-state index contributed by atoms with van der Waals surface area (Å²) in [5, 5.41) is 3.68. The predicted molar refractivity (Wildman–Crippen MR) is 123 cm³/mol. The van der Waals surface area contributed by atoms with Crippen molar-refractivity contribution < 1.29 is 4.79 Å². The van der Waals surface area contributed by atoms with E-state index in [2.05, 4.69) is 38.2 Å². The minimum Gasteiger partial charge on any atom is -0.323 e. The highest BCUT2D eigenvalue weighted by molar-refractivity contribution is 6.33. The molecule has 31 heavy (non-hydrogen) atoms. The Morgan fingerprint density at radius 1 is 1.19 bits per heavy atom. The van der Waals surface area contributed by atoms with Gasteiger partial charge in [-0.2, -0.15) is 0 Å². The number of fused-ring (bicyclic) bond motifs is 1. The minimum atomic E-state index is -0.275. The standard InChI is InChI=1S/C24H30ClN5O/c25-20-7-5-16(15-30-10-1-2-11-30)12-22(20)27-24(31)23-19-13-17(6-8-21(19)28-29-23)18-4-3-9-26-14-18/h3-5,7,9,12,14,17,19,21,23,28-29H,1-2,6,8,10-11,13,15H2,(H,27,31). The lowest BCUT2D eigenvalue weighted by Crippen LogP contribution is -2.42. The SMILES string of the molecule is O=C(Nc1cc(CN2CCCC2)ccc1Cl)C1NNC2CCC(c3cccnc3)CC21. The minimum absolute atomic E-state index is 0.0212. The highest BCUT2D eigenvalue weighted by Crippen LogP contribution is 2.39. The van der Waals surface area contributed by atoms with Crippen molar-refractivity contribution in [2.24, 2.45) is 5.92 Å². The summed E-state index contributed by atoms with van der Waals surface area (Å²) in [6, 6.07) is 10.2. The van der Waals surface area contributed by atoms with E-state index in [-0.39, 0.29) is 17.9 Å². The number of hydrogen-bond acceptors (Lipinski definition) is 5. The number of nitrogens with one attached hydrogen (secondary N) is 3. The maximum atomic E-state index is 13.2. The van der Waals surface area contributed by atoms with E-state index in [1.807, 2.05) is 30.6 Å². The predicted octanol–water partition coefficient (Wildman–Crippen LogP) is 3.70. The molecule has 2 aliphatic heterocycles. The Bertz CT molecular complexity index is 917. The van der Waals surface area contributed by atoms with Crippen molar-refractivity contribution in [2.75, 3.05) is 18.4 Å². The number of carbonyl (C=O) groups excluding carboxylic acids is 1. The second kappa shape index (κ2) is 9.25. The van der Waals surface area contributed by atoms with Gasteiger partial charge in [0.25, 0.3) is 0 Å². The molecule has 2 saturated heterocycles. The molecule has 7 heteroatoms. The number of anilines is 1.